The van der Waals surface area contributed by atoms with E-state index in [0.29, 0.717) is 18.0 Å². The number of piperazine rings is 1. The predicted octanol–water partition coefficient (Wildman–Crippen LogP) is 3.28. The number of hydrogen-bond acceptors (Lipinski definition) is 2. The highest BCUT2D eigenvalue weighted by atomic mass is 35.5. The van der Waals surface area contributed by atoms with Gasteiger partial charge in [-0.2, -0.15) is 0 Å². The molecule has 3 heteroatoms. The van der Waals surface area contributed by atoms with Crippen LogP contribution >= 0.6 is 11.6 Å². The van der Waals surface area contributed by atoms with Crippen molar-refractivity contribution >= 4 is 11.6 Å². The highest BCUT2D eigenvalue weighted by molar-refractivity contribution is 6.25. The van der Waals surface area contributed by atoms with Crippen LogP contribution in [0.3, 0.4) is 0 Å². The maximum atomic E-state index is 5.69. The van der Waals surface area contributed by atoms with Crippen molar-refractivity contribution < 1.29 is 0 Å². The van der Waals surface area contributed by atoms with Crippen LogP contribution in [0.4, 0.5) is 0 Å². The SMILES string of the molecule is CC(C)C1CNC(Cc2ccccc2)CN1C/C=C/Cl. The van der Waals surface area contributed by atoms with Crippen LogP contribution in [-0.2, 0) is 6.42 Å². The molecular formula is C17H25ClN2. The maximum Gasteiger partial charge on any atom is 0.0247 e. The first-order chi connectivity index (χ1) is 9.70. The van der Waals surface area contributed by atoms with Crippen LogP contribution in [0.15, 0.2) is 41.9 Å². The molecule has 0 aliphatic carbocycles. The van der Waals surface area contributed by atoms with Crippen molar-refractivity contribution in [1.29, 1.82) is 0 Å². The molecule has 1 heterocycles. The average molecular weight is 293 g/mol. The Morgan fingerprint density at radius 2 is 2.10 bits per heavy atom. The molecule has 1 saturated heterocycles. The van der Waals surface area contributed by atoms with E-state index in [1.807, 2.05) is 6.08 Å². The fraction of sp³-hybridized carbons (Fsp3) is 0.529. The number of nitrogens with zero attached hydrogens (tertiary/aromatic N) is 1. The van der Waals surface area contributed by atoms with Crippen molar-refractivity contribution in [2.24, 2.45) is 5.92 Å². The summed E-state index contributed by atoms with van der Waals surface area (Å²) in [5.41, 5.74) is 3.03. The molecule has 1 aromatic carbocycles. The zero-order valence-electron chi connectivity index (χ0n) is 12.4. The first-order valence-corrected chi connectivity index (χ1v) is 7.91. The molecule has 2 atom stereocenters. The Morgan fingerprint density at radius 3 is 2.75 bits per heavy atom. The van der Waals surface area contributed by atoms with Gasteiger partial charge in [0.1, 0.15) is 0 Å². The third kappa shape index (κ3) is 4.34. The van der Waals surface area contributed by atoms with E-state index in [2.05, 4.69) is 54.4 Å². The number of halogens is 1. The first-order valence-electron chi connectivity index (χ1n) is 7.47. The summed E-state index contributed by atoms with van der Waals surface area (Å²) in [6.07, 6.45) is 3.13. The van der Waals surface area contributed by atoms with Crippen molar-refractivity contribution in [2.75, 3.05) is 19.6 Å². The molecule has 0 amide bonds. The third-order valence-electron chi connectivity index (χ3n) is 4.06. The minimum atomic E-state index is 0.524. The third-order valence-corrected chi connectivity index (χ3v) is 4.24. The second kappa shape index (κ2) is 7.82. The minimum Gasteiger partial charge on any atom is -0.311 e. The van der Waals surface area contributed by atoms with Gasteiger partial charge in [-0.3, -0.25) is 4.90 Å². The zero-order chi connectivity index (χ0) is 14.4. The molecule has 2 rings (SSSR count). The molecule has 1 N–H and O–H groups in total. The van der Waals surface area contributed by atoms with Gasteiger partial charge in [-0.15, -0.1) is 0 Å². The number of benzene rings is 1. The zero-order valence-corrected chi connectivity index (χ0v) is 13.2. The number of nitrogens with one attached hydrogen (secondary N) is 1. The van der Waals surface area contributed by atoms with Gasteiger partial charge in [0, 0.05) is 37.3 Å². The standard InChI is InChI=1S/C17H25ClN2/c1-14(2)17-12-19-16(13-20(17)10-6-9-18)11-15-7-4-3-5-8-15/h3-9,14,16-17,19H,10-13H2,1-2H3/b9-6+. The summed E-state index contributed by atoms with van der Waals surface area (Å²) in [6.45, 7) is 7.67. The highest BCUT2D eigenvalue weighted by Gasteiger charge is 2.28. The summed E-state index contributed by atoms with van der Waals surface area (Å²) in [5, 5.41) is 3.71. The molecule has 1 fully saturated rings. The van der Waals surface area contributed by atoms with Crippen molar-refractivity contribution in [3.63, 3.8) is 0 Å². The monoisotopic (exact) mass is 292 g/mol. The Kier molecular flexibility index (Phi) is 6.08. The van der Waals surface area contributed by atoms with Crippen molar-refractivity contribution in [1.82, 2.24) is 10.2 Å². The van der Waals surface area contributed by atoms with E-state index in [9.17, 15) is 0 Å². The van der Waals surface area contributed by atoms with E-state index in [1.54, 1.807) is 5.54 Å². The summed E-state index contributed by atoms with van der Waals surface area (Å²) in [4.78, 5) is 2.55. The van der Waals surface area contributed by atoms with Gasteiger partial charge in [0.15, 0.2) is 0 Å². The highest BCUT2D eigenvalue weighted by Crippen LogP contribution is 2.17. The summed E-state index contributed by atoms with van der Waals surface area (Å²) < 4.78 is 0. The number of hydrogen-bond donors (Lipinski definition) is 1. The lowest BCUT2D eigenvalue weighted by molar-refractivity contribution is 0.111. The quantitative estimate of drug-likeness (QED) is 0.896. The van der Waals surface area contributed by atoms with Crippen molar-refractivity contribution in [3.05, 3.63) is 47.5 Å². The molecule has 0 spiro atoms. The van der Waals surface area contributed by atoms with Gasteiger partial charge in [-0.1, -0.05) is 61.9 Å². The second-order valence-electron chi connectivity index (χ2n) is 5.92. The Bertz CT molecular complexity index is 416. The largest absolute Gasteiger partial charge is 0.311 e. The molecule has 1 aliphatic rings. The molecule has 0 bridgehead atoms. The van der Waals surface area contributed by atoms with E-state index in [0.717, 1.165) is 26.1 Å². The van der Waals surface area contributed by atoms with Crippen LogP contribution in [0, 0.1) is 5.92 Å². The Labute approximate surface area is 127 Å². The van der Waals surface area contributed by atoms with Gasteiger partial charge in [-0.05, 0) is 17.9 Å². The van der Waals surface area contributed by atoms with E-state index in [4.69, 9.17) is 11.6 Å². The molecule has 1 aromatic rings. The van der Waals surface area contributed by atoms with Crippen LogP contribution in [0.25, 0.3) is 0 Å². The fourth-order valence-corrected chi connectivity index (χ4v) is 3.06. The van der Waals surface area contributed by atoms with E-state index in [-0.39, 0.29) is 0 Å². The van der Waals surface area contributed by atoms with Crippen molar-refractivity contribution in [2.45, 2.75) is 32.4 Å². The molecule has 0 radical (unpaired) electrons. The molecule has 2 unspecified atom stereocenters. The summed E-state index contributed by atoms with van der Waals surface area (Å²) >= 11 is 5.69. The molecular weight excluding hydrogens is 268 g/mol. The molecule has 1 aliphatic heterocycles. The summed E-state index contributed by atoms with van der Waals surface area (Å²) in [5.74, 6) is 0.656. The van der Waals surface area contributed by atoms with Crippen LogP contribution in [0.2, 0.25) is 0 Å². The molecule has 110 valence electrons. The van der Waals surface area contributed by atoms with E-state index in [1.165, 1.54) is 5.56 Å². The maximum absolute atomic E-state index is 5.69. The van der Waals surface area contributed by atoms with Crippen LogP contribution < -0.4 is 5.32 Å². The first kappa shape index (κ1) is 15.6. The van der Waals surface area contributed by atoms with Gasteiger partial charge >= 0.3 is 0 Å². The van der Waals surface area contributed by atoms with Crippen LogP contribution in [-0.4, -0.2) is 36.6 Å². The lowest BCUT2D eigenvalue weighted by Gasteiger charge is -2.42. The Hall–Kier alpha value is -0.830. The second-order valence-corrected chi connectivity index (χ2v) is 6.17. The average Bonchev–Trinajstić information content (AvgIpc) is 2.46. The van der Waals surface area contributed by atoms with Gasteiger partial charge in [0.05, 0.1) is 0 Å². The van der Waals surface area contributed by atoms with Gasteiger partial charge < -0.3 is 5.32 Å². The predicted molar refractivity (Wildman–Crippen MR) is 87.1 cm³/mol. The normalized spacial score (nSPS) is 24.6. The fourth-order valence-electron chi connectivity index (χ4n) is 2.98. The number of rotatable bonds is 5. The van der Waals surface area contributed by atoms with Gasteiger partial charge in [0.2, 0.25) is 0 Å². The van der Waals surface area contributed by atoms with E-state index >= 15 is 0 Å². The molecule has 20 heavy (non-hydrogen) atoms. The summed E-state index contributed by atoms with van der Waals surface area (Å²) in [6, 6.07) is 11.8. The van der Waals surface area contributed by atoms with E-state index < -0.39 is 0 Å². The van der Waals surface area contributed by atoms with Crippen LogP contribution in [0.1, 0.15) is 19.4 Å². The minimum absolute atomic E-state index is 0.524. The van der Waals surface area contributed by atoms with Crippen molar-refractivity contribution in [3.8, 4) is 0 Å². The van der Waals surface area contributed by atoms with Crippen LogP contribution in [0.5, 0.6) is 0 Å². The Balaban J connectivity index is 1.97. The lowest BCUT2D eigenvalue weighted by atomic mass is 9.96. The Morgan fingerprint density at radius 1 is 1.35 bits per heavy atom. The van der Waals surface area contributed by atoms with Gasteiger partial charge in [0.25, 0.3) is 0 Å². The van der Waals surface area contributed by atoms with Gasteiger partial charge in [-0.25, -0.2) is 0 Å². The molecule has 0 aromatic heterocycles. The lowest BCUT2D eigenvalue weighted by Crippen LogP contribution is -2.58. The topological polar surface area (TPSA) is 15.3 Å². The molecule has 2 nitrogen and oxygen atoms in total. The summed E-state index contributed by atoms with van der Waals surface area (Å²) in [7, 11) is 0. The molecule has 0 saturated carbocycles. The smallest absolute Gasteiger partial charge is 0.0247 e.